The smallest absolute Gasteiger partial charge is 0.0736 e. The highest BCUT2D eigenvalue weighted by Crippen LogP contribution is 2.29. The third-order valence-corrected chi connectivity index (χ3v) is 4.97. The van der Waals surface area contributed by atoms with Crippen LogP contribution in [0.5, 0.6) is 0 Å². The summed E-state index contributed by atoms with van der Waals surface area (Å²) in [6.07, 6.45) is 11.6. The largest absolute Gasteiger partial charge is 0.374 e. The van der Waals surface area contributed by atoms with E-state index in [0.29, 0.717) is 24.3 Å². The number of rotatable bonds is 6. The van der Waals surface area contributed by atoms with Gasteiger partial charge in [-0.3, -0.25) is 4.68 Å². The maximum Gasteiger partial charge on any atom is 0.0736 e. The molecule has 0 amide bonds. The summed E-state index contributed by atoms with van der Waals surface area (Å²) >= 11 is 0. The zero-order valence-corrected chi connectivity index (χ0v) is 13.4. The van der Waals surface area contributed by atoms with Crippen molar-refractivity contribution >= 4 is 0 Å². The predicted octanol–water partition coefficient (Wildman–Crippen LogP) is 3.09. The Bertz CT molecular complexity index is 439. The Morgan fingerprint density at radius 2 is 2.14 bits per heavy atom. The van der Waals surface area contributed by atoms with Crippen LogP contribution in [0.1, 0.15) is 64.1 Å². The minimum absolute atomic E-state index is 0.344. The molecule has 0 radical (unpaired) electrons. The Kier molecular flexibility index (Phi) is 4.96. The van der Waals surface area contributed by atoms with Crippen molar-refractivity contribution in [3.63, 3.8) is 0 Å². The second-order valence-electron chi connectivity index (χ2n) is 6.66. The molecule has 1 aliphatic heterocycles. The van der Waals surface area contributed by atoms with Crippen molar-refractivity contribution < 1.29 is 4.74 Å². The van der Waals surface area contributed by atoms with Crippen molar-refractivity contribution in [1.29, 1.82) is 0 Å². The zero-order valence-electron chi connectivity index (χ0n) is 13.4. The van der Waals surface area contributed by atoms with Crippen molar-refractivity contribution in [2.75, 3.05) is 6.54 Å². The van der Waals surface area contributed by atoms with Crippen LogP contribution in [0, 0.1) is 0 Å². The molecule has 3 atom stereocenters. The summed E-state index contributed by atoms with van der Waals surface area (Å²) in [4.78, 5) is 0. The molecule has 118 valence electrons. The molecule has 3 unspecified atom stereocenters. The Hall–Kier alpha value is -0.870. The van der Waals surface area contributed by atoms with Gasteiger partial charge in [-0.1, -0.05) is 19.8 Å². The van der Waals surface area contributed by atoms with Crippen LogP contribution in [0.15, 0.2) is 12.3 Å². The summed E-state index contributed by atoms with van der Waals surface area (Å²) in [7, 11) is 0. The molecule has 4 nitrogen and oxygen atoms in total. The van der Waals surface area contributed by atoms with E-state index in [1.165, 1.54) is 44.2 Å². The van der Waals surface area contributed by atoms with Gasteiger partial charge in [-0.25, -0.2) is 0 Å². The predicted molar refractivity (Wildman–Crippen MR) is 84.5 cm³/mol. The van der Waals surface area contributed by atoms with Gasteiger partial charge >= 0.3 is 0 Å². The van der Waals surface area contributed by atoms with Crippen LogP contribution in [0.4, 0.5) is 0 Å². The first-order chi connectivity index (χ1) is 10.3. The standard InChI is InChI=1S/C17H29N3O/c1-3-18-16(17-9-8-13(2)21-17)12-14-10-11-20(19-14)15-6-4-5-7-15/h10-11,13,15-18H,3-9,12H2,1-2H3. The average Bonchev–Trinajstić information content (AvgIpc) is 3.18. The lowest BCUT2D eigenvalue weighted by Crippen LogP contribution is -2.41. The highest BCUT2D eigenvalue weighted by Gasteiger charge is 2.29. The summed E-state index contributed by atoms with van der Waals surface area (Å²) in [6, 6.07) is 3.23. The molecule has 1 aromatic rings. The van der Waals surface area contributed by atoms with Gasteiger partial charge in [0, 0.05) is 18.7 Å². The van der Waals surface area contributed by atoms with Crippen LogP contribution >= 0.6 is 0 Å². The van der Waals surface area contributed by atoms with Gasteiger partial charge in [-0.2, -0.15) is 5.10 Å². The van der Waals surface area contributed by atoms with Crippen LogP contribution in [0.25, 0.3) is 0 Å². The van der Waals surface area contributed by atoms with E-state index in [1.807, 2.05) is 0 Å². The normalized spacial score (nSPS) is 28.3. The van der Waals surface area contributed by atoms with E-state index in [2.05, 4.69) is 36.1 Å². The molecule has 0 spiro atoms. The van der Waals surface area contributed by atoms with Crippen LogP contribution in [0.2, 0.25) is 0 Å². The summed E-state index contributed by atoms with van der Waals surface area (Å²) in [6.45, 7) is 5.34. The second kappa shape index (κ2) is 6.93. The lowest BCUT2D eigenvalue weighted by Gasteiger charge is -2.23. The quantitative estimate of drug-likeness (QED) is 0.875. The monoisotopic (exact) mass is 291 g/mol. The lowest BCUT2D eigenvalue weighted by molar-refractivity contribution is 0.0321. The first-order valence-corrected chi connectivity index (χ1v) is 8.69. The molecule has 0 aromatic carbocycles. The van der Waals surface area contributed by atoms with E-state index in [-0.39, 0.29) is 0 Å². The van der Waals surface area contributed by atoms with E-state index in [1.54, 1.807) is 0 Å². The molecule has 1 saturated carbocycles. The molecule has 1 aliphatic carbocycles. The van der Waals surface area contributed by atoms with Gasteiger partial charge in [0.05, 0.1) is 23.9 Å². The van der Waals surface area contributed by atoms with Crippen LogP contribution in [0.3, 0.4) is 0 Å². The fourth-order valence-corrected chi connectivity index (χ4v) is 3.81. The molecule has 2 fully saturated rings. The van der Waals surface area contributed by atoms with Crippen molar-refractivity contribution in [3.05, 3.63) is 18.0 Å². The van der Waals surface area contributed by atoms with Crippen molar-refractivity contribution in [2.45, 2.75) is 83.1 Å². The van der Waals surface area contributed by atoms with Crippen LogP contribution in [-0.2, 0) is 11.2 Å². The SMILES string of the molecule is CCNC(Cc1ccn(C2CCCC2)n1)C1CCC(C)O1. The van der Waals surface area contributed by atoms with Gasteiger partial charge in [0.2, 0.25) is 0 Å². The third-order valence-electron chi connectivity index (χ3n) is 4.97. The molecular formula is C17H29N3O. The highest BCUT2D eigenvalue weighted by molar-refractivity contribution is 5.04. The zero-order chi connectivity index (χ0) is 14.7. The summed E-state index contributed by atoms with van der Waals surface area (Å²) < 4.78 is 8.26. The number of ether oxygens (including phenoxy) is 1. The van der Waals surface area contributed by atoms with Crippen molar-refractivity contribution in [3.8, 4) is 0 Å². The number of nitrogens with one attached hydrogen (secondary N) is 1. The molecule has 1 saturated heterocycles. The topological polar surface area (TPSA) is 39.1 Å². The minimum Gasteiger partial charge on any atom is -0.374 e. The number of aromatic nitrogens is 2. The van der Waals surface area contributed by atoms with Crippen LogP contribution in [-0.4, -0.2) is 34.6 Å². The van der Waals surface area contributed by atoms with E-state index in [4.69, 9.17) is 9.84 Å². The van der Waals surface area contributed by atoms with Gasteiger partial charge in [0.1, 0.15) is 0 Å². The molecule has 2 aliphatic rings. The summed E-state index contributed by atoms with van der Waals surface area (Å²) in [5.74, 6) is 0. The maximum absolute atomic E-state index is 6.06. The fraction of sp³-hybridized carbons (Fsp3) is 0.824. The number of likely N-dealkylation sites (N-methyl/N-ethyl adjacent to an activating group) is 1. The molecule has 1 N–H and O–H groups in total. The molecule has 0 bridgehead atoms. The number of hydrogen-bond acceptors (Lipinski definition) is 3. The molecule has 3 rings (SSSR count). The molecule has 4 heteroatoms. The maximum atomic E-state index is 6.06. The van der Waals surface area contributed by atoms with Gasteiger partial charge in [-0.15, -0.1) is 0 Å². The van der Waals surface area contributed by atoms with E-state index < -0.39 is 0 Å². The molecule has 21 heavy (non-hydrogen) atoms. The van der Waals surface area contributed by atoms with E-state index >= 15 is 0 Å². The number of nitrogens with zero attached hydrogens (tertiary/aromatic N) is 2. The fourth-order valence-electron chi connectivity index (χ4n) is 3.81. The molecule has 2 heterocycles. The van der Waals surface area contributed by atoms with Crippen molar-refractivity contribution in [1.82, 2.24) is 15.1 Å². The number of hydrogen-bond donors (Lipinski definition) is 1. The first-order valence-electron chi connectivity index (χ1n) is 8.69. The second-order valence-corrected chi connectivity index (χ2v) is 6.66. The average molecular weight is 291 g/mol. The first kappa shape index (κ1) is 15.0. The molecule has 1 aromatic heterocycles. The Balaban J connectivity index is 1.62. The van der Waals surface area contributed by atoms with Gasteiger partial charge in [0.15, 0.2) is 0 Å². The van der Waals surface area contributed by atoms with Crippen molar-refractivity contribution in [2.24, 2.45) is 0 Å². The van der Waals surface area contributed by atoms with Gasteiger partial charge in [-0.05, 0) is 45.2 Å². The highest BCUT2D eigenvalue weighted by atomic mass is 16.5. The van der Waals surface area contributed by atoms with E-state index in [9.17, 15) is 0 Å². The summed E-state index contributed by atoms with van der Waals surface area (Å²) in [5.41, 5.74) is 1.20. The van der Waals surface area contributed by atoms with Crippen LogP contribution < -0.4 is 5.32 Å². The third kappa shape index (κ3) is 3.67. The summed E-state index contributed by atoms with van der Waals surface area (Å²) in [5, 5.41) is 8.42. The van der Waals surface area contributed by atoms with Gasteiger partial charge < -0.3 is 10.1 Å². The lowest BCUT2D eigenvalue weighted by atomic mass is 10.0. The minimum atomic E-state index is 0.344. The Morgan fingerprint density at radius 3 is 2.81 bits per heavy atom. The van der Waals surface area contributed by atoms with E-state index in [0.717, 1.165) is 13.0 Å². The van der Waals surface area contributed by atoms with Gasteiger partial charge in [0.25, 0.3) is 0 Å². The Labute approximate surface area is 128 Å². The molecular weight excluding hydrogens is 262 g/mol. The Morgan fingerprint density at radius 1 is 1.33 bits per heavy atom.